The molecule has 27 heavy (non-hydrogen) atoms. The fourth-order valence-corrected chi connectivity index (χ4v) is 3.37. The predicted octanol–water partition coefficient (Wildman–Crippen LogP) is 3.09. The normalized spacial score (nSPS) is 17.7. The van der Waals surface area contributed by atoms with Crippen molar-refractivity contribution in [1.82, 2.24) is 9.99 Å². The van der Waals surface area contributed by atoms with Gasteiger partial charge in [0.05, 0.1) is 5.57 Å². The Morgan fingerprint density at radius 2 is 2.11 bits per heavy atom. The van der Waals surface area contributed by atoms with Gasteiger partial charge in [0, 0.05) is 12.4 Å². The van der Waals surface area contributed by atoms with Gasteiger partial charge in [0.15, 0.2) is 5.84 Å². The number of ether oxygens (including phenoxy) is 1. The summed E-state index contributed by atoms with van der Waals surface area (Å²) in [6.45, 7) is 2.21. The van der Waals surface area contributed by atoms with Gasteiger partial charge in [-0.25, -0.2) is 0 Å². The molecule has 7 nitrogen and oxygen atoms in total. The lowest BCUT2D eigenvalue weighted by atomic mass is 10.1. The average molecular weight is 377 g/mol. The zero-order valence-electron chi connectivity index (χ0n) is 14.4. The van der Waals surface area contributed by atoms with Crippen LogP contribution in [0.5, 0.6) is 5.75 Å². The van der Waals surface area contributed by atoms with Gasteiger partial charge in [-0.15, -0.1) is 0 Å². The smallest absolute Gasteiger partial charge is 0.283 e. The van der Waals surface area contributed by atoms with Crippen molar-refractivity contribution in [2.24, 2.45) is 10.1 Å². The van der Waals surface area contributed by atoms with Gasteiger partial charge in [-0.05, 0) is 48.0 Å². The van der Waals surface area contributed by atoms with Crippen molar-refractivity contribution in [1.29, 1.82) is 5.41 Å². The second-order valence-corrected chi connectivity index (χ2v) is 6.89. The topological polar surface area (TPSA) is 91.0 Å². The summed E-state index contributed by atoms with van der Waals surface area (Å²) in [4.78, 5) is 20.4. The number of aliphatic imine (C=N–C) groups is 1. The highest BCUT2D eigenvalue weighted by molar-refractivity contribution is 8.27. The number of hydrogen-bond donors (Lipinski definition) is 1. The van der Waals surface area contributed by atoms with E-state index in [1.54, 1.807) is 24.5 Å². The molecule has 2 aliphatic rings. The number of thioether (sulfide) groups is 1. The molecule has 1 amide bonds. The molecule has 0 unspecified atom stereocenters. The van der Waals surface area contributed by atoms with E-state index in [0.717, 1.165) is 16.9 Å². The van der Waals surface area contributed by atoms with Gasteiger partial charge in [0.25, 0.3) is 5.91 Å². The van der Waals surface area contributed by atoms with Crippen LogP contribution < -0.4 is 4.74 Å². The Labute approximate surface area is 160 Å². The molecular formula is C19H15N5O2S. The predicted molar refractivity (Wildman–Crippen MR) is 106 cm³/mol. The van der Waals surface area contributed by atoms with Crippen LogP contribution in [-0.2, 0) is 4.79 Å². The number of amides is 1. The Bertz CT molecular complexity index is 1010. The van der Waals surface area contributed by atoms with Gasteiger partial charge in [-0.3, -0.25) is 15.2 Å². The number of para-hydroxylation sites is 1. The maximum atomic E-state index is 12.3. The number of carbonyl (C=O) groups is 1. The fourth-order valence-electron chi connectivity index (χ4n) is 2.58. The summed E-state index contributed by atoms with van der Waals surface area (Å²) in [7, 11) is 0. The van der Waals surface area contributed by atoms with E-state index in [1.165, 1.54) is 16.8 Å². The summed E-state index contributed by atoms with van der Waals surface area (Å²) in [5.41, 5.74) is 1.93. The Balaban J connectivity index is 1.53. The number of aromatic nitrogens is 1. The third-order valence-corrected chi connectivity index (χ3v) is 4.82. The van der Waals surface area contributed by atoms with Crippen LogP contribution in [0, 0.1) is 12.3 Å². The molecule has 0 spiro atoms. The molecule has 0 radical (unpaired) electrons. The van der Waals surface area contributed by atoms with E-state index in [2.05, 4.69) is 15.1 Å². The molecule has 3 heterocycles. The van der Waals surface area contributed by atoms with Gasteiger partial charge < -0.3 is 4.74 Å². The summed E-state index contributed by atoms with van der Waals surface area (Å²) < 4.78 is 5.80. The summed E-state index contributed by atoms with van der Waals surface area (Å²) in [5, 5.41) is 15.1. The molecule has 134 valence electrons. The van der Waals surface area contributed by atoms with Crippen molar-refractivity contribution < 1.29 is 9.53 Å². The van der Waals surface area contributed by atoms with Crippen LogP contribution in [0.15, 0.2) is 64.5 Å². The highest BCUT2D eigenvalue weighted by Gasteiger charge is 2.35. The minimum absolute atomic E-state index is 0.00718. The monoisotopic (exact) mass is 377 g/mol. The summed E-state index contributed by atoms with van der Waals surface area (Å²) >= 11 is 1.24. The zero-order valence-corrected chi connectivity index (χ0v) is 15.2. The largest absolute Gasteiger partial charge is 0.486 e. The number of nitrogens with zero attached hydrogens (tertiary/aromatic N) is 4. The first kappa shape index (κ1) is 17.2. The van der Waals surface area contributed by atoms with E-state index in [-0.39, 0.29) is 18.0 Å². The van der Waals surface area contributed by atoms with Crippen molar-refractivity contribution in [3.8, 4) is 5.75 Å². The number of aryl methyl sites for hydroxylation is 1. The number of amidine groups is 2. The SMILES string of the molecule is Cc1ccccc1OCC1=NN2C(=N)/C(=C/c3cccnc3)C(=O)N=C2S1. The van der Waals surface area contributed by atoms with Crippen molar-refractivity contribution in [3.63, 3.8) is 0 Å². The van der Waals surface area contributed by atoms with Gasteiger partial charge >= 0.3 is 0 Å². The third kappa shape index (κ3) is 3.52. The molecule has 8 heteroatoms. The molecule has 4 rings (SSSR count). The van der Waals surface area contributed by atoms with E-state index >= 15 is 0 Å². The van der Waals surface area contributed by atoms with Crippen LogP contribution in [-0.4, -0.2) is 38.6 Å². The number of nitrogens with one attached hydrogen (secondary N) is 1. The number of hydrogen-bond acceptors (Lipinski definition) is 6. The van der Waals surface area contributed by atoms with Crippen LogP contribution in [0.3, 0.4) is 0 Å². The molecule has 0 atom stereocenters. The van der Waals surface area contributed by atoms with Crippen LogP contribution in [0.4, 0.5) is 0 Å². The number of fused-ring (bicyclic) bond motifs is 1. The first-order chi connectivity index (χ1) is 13.1. The van der Waals surface area contributed by atoms with E-state index < -0.39 is 5.91 Å². The van der Waals surface area contributed by atoms with Gasteiger partial charge in [-0.1, -0.05) is 24.3 Å². The van der Waals surface area contributed by atoms with Crippen LogP contribution in [0.2, 0.25) is 0 Å². The zero-order chi connectivity index (χ0) is 18.8. The first-order valence-electron chi connectivity index (χ1n) is 8.19. The number of rotatable bonds is 4. The van der Waals surface area contributed by atoms with Crippen LogP contribution in [0.25, 0.3) is 6.08 Å². The lowest BCUT2D eigenvalue weighted by molar-refractivity contribution is -0.114. The lowest BCUT2D eigenvalue weighted by Crippen LogP contribution is -2.35. The maximum absolute atomic E-state index is 12.3. The molecule has 0 fully saturated rings. The van der Waals surface area contributed by atoms with E-state index in [1.807, 2.05) is 37.3 Å². The summed E-state index contributed by atoms with van der Waals surface area (Å²) in [6.07, 6.45) is 4.87. The molecular weight excluding hydrogens is 362 g/mol. The Morgan fingerprint density at radius 1 is 1.26 bits per heavy atom. The molecule has 2 aliphatic heterocycles. The number of carbonyl (C=O) groups excluding carboxylic acids is 1. The van der Waals surface area contributed by atoms with Gasteiger partial charge in [-0.2, -0.15) is 15.1 Å². The molecule has 2 aromatic rings. The number of hydrazone groups is 1. The van der Waals surface area contributed by atoms with Crippen LogP contribution in [0.1, 0.15) is 11.1 Å². The molecule has 0 bridgehead atoms. The summed E-state index contributed by atoms with van der Waals surface area (Å²) in [5.74, 6) is 0.307. The minimum Gasteiger partial charge on any atom is -0.486 e. The highest BCUT2D eigenvalue weighted by atomic mass is 32.2. The van der Waals surface area contributed by atoms with Crippen molar-refractivity contribution in [2.45, 2.75) is 6.92 Å². The lowest BCUT2D eigenvalue weighted by Gasteiger charge is -2.20. The number of pyridine rings is 1. The van der Waals surface area contributed by atoms with Crippen molar-refractivity contribution in [3.05, 3.63) is 65.5 Å². The second-order valence-electron chi connectivity index (χ2n) is 5.85. The Hall–Kier alpha value is -3.26. The van der Waals surface area contributed by atoms with E-state index in [4.69, 9.17) is 10.1 Å². The Morgan fingerprint density at radius 3 is 2.89 bits per heavy atom. The highest BCUT2D eigenvalue weighted by Crippen LogP contribution is 2.28. The van der Waals surface area contributed by atoms with E-state index in [0.29, 0.717) is 10.2 Å². The second kappa shape index (κ2) is 7.16. The molecule has 1 N–H and O–H groups in total. The average Bonchev–Trinajstić information content (AvgIpc) is 3.08. The van der Waals surface area contributed by atoms with E-state index in [9.17, 15) is 4.79 Å². The Kier molecular flexibility index (Phi) is 4.55. The number of benzene rings is 1. The van der Waals surface area contributed by atoms with Crippen LogP contribution >= 0.6 is 11.8 Å². The summed E-state index contributed by atoms with van der Waals surface area (Å²) in [6, 6.07) is 11.3. The molecule has 1 aromatic carbocycles. The molecule has 0 saturated heterocycles. The maximum Gasteiger partial charge on any atom is 0.283 e. The standard InChI is InChI=1S/C19H15N5O2S/c1-12-5-2-3-7-15(12)26-11-16-23-24-17(20)14(18(25)22-19(24)27-16)9-13-6-4-8-21-10-13/h2-10,20H,11H2,1H3/b14-9-,20-17?. The minimum atomic E-state index is -0.459. The molecule has 1 aromatic heterocycles. The van der Waals surface area contributed by atoms with Gasteiger partial charge in [0.1, 0.15) is 17.4 Å². The first-order valence-corrected chi connectivity index (χ1v) is 9.01. The van der Waals surface area contributed by atoms with Crippen molar-refractivity contribution >= 4 is 39.8 Å². The quantitative estimate of drug-likeness (QED) is 0.827. The van der Waals surface area contributed by atoms with Gasteiger partial charge in [0.2, 0.25) is 5.17 Å². The third-order valence-electron chi connectivity index (χ3n) is 3.94. The molecule has 0 aliphatic carbocycles. The van der Waals surface area contributed by atoms with Crippen molar-refractivity contribution in [2.75, 3.05) is 6.61 Å². The molecule has 0 saturated carbocycles. The fraction of sp³-hybridized carbons (Fsp3) is 0.105.